The molecule has 76 valence electrons. The molecule has 1 aromatic carbocycles. The second-order valence-electron chi connectivity index (χ2n) is 3.30. The summed E-state index contributed by atoms with van der Waals surface area (Å²) in [7, 11) is 0. The summed E-state index contributed by atoms with van der Waals surface area (Å²) >= 11 is 3.38. The number of aromatic nitrogens is 1. The van der Waals surface area contributed by atoms with Crippen LogP contribution in [0, 0.1) is 12.7 Å². The monoisotopic (exact) mass is 265 g/mol. The molecule has 15 heavy (non-hydrogen) atoms. The van der Waals surface area contributed by atoms with Crippen LogP contribution in [0.25, 0.3) is 11.1 Å². The van der Waals surface area contributed by atoms with Crippen LogP contribution in [-0.4, -0.2) is 4.98 Å². The van der Waals surface area contributed by atoms with Gasteiger partial charge in [0.05, 0.1) is 0 Å². The summed E-state index contributed by atoms with van der Waals surface area (Å²) in [6.45, 7) is 1.89. The largest absolute Gasteiger partial charge is 0.249 e. The fourth-order valence-corrected chi connectivity index (χ4v) is 1.98. The molecule has 0 saturated heterocycles. The molecule has 0 amide bonds. The summed E-state index contributed by atoms with van der Waals surface area (Å²) in [5.41, 5.74) is 2.88. The fourth-order valence-electron chi connectivity index (χ4n) is 1.52. The zero-order valence-electron chi connectivity index (χ0n) is 8.17. The maximum absolute atomic E-state index is 12.9. The highest BCUT2D eigenvalue weighted by Crippen LogP contribution is 2.28. The Morgan fingerprint density at radius 3 is 2.67 bits per heavy atom. The molecule has 0 saturated carbocycles. The predicted octanol–water partition coefficient (Wildman–Crippen LogP) is 3.96. The molecule has 1 nitrogen and oxygen atoms in total. The van der Waals surface area contributed by atoms with E-state index in [9.17, 15) is 4.39 Å². The van der Waals surface area contributed by atoms with E-state index < -0.39 is 0 Å². The van der Waals surface area contributed by atoms with E-state index in [4.69, 9.17) is 0 Å². The number of nitrogens with zero attached hydrogens (tertiary/aromatic N) is 1. The number of aryl methyl sites for hydroxylation is 1. The van der Waals surface area contributed by atoms with Crippen LogP contribution in [0.15, 0.2) is 41.1 Å². The van der Waals surface area contributed by atoms with Gasteiger partial charge in [0.15, 0.2) is 0 Å². The van der Waals surface area contributed by atoms with Crippen molar-refractivity contribution < 1.29 is 4.39 Å². The van der Waals surface area contributed by atoms with Gasteiger partial charge in [0.25, 0.3) is 0 Å². The average molecular weight is 266 g/mol. The molecule has 0 aliphatic carbocycles. The van der Waals surface area contributed by atoms with E-state index in [-0.39, 0.29) is 5.82 Å². The zero-order chi connectivity index (χ0) is 10.8. The highest BCUT2D eigenvalue weighted by molar-refractivity contribution is 9.10. The van der Waals surface area contributed by atoms with Crippen molar-refractivity contribution in [2.45, 2.75) is 6.92 Å². The Kier molecular flexibility index (Phi) is 2.82. The van der Waals surface area contributed by atoms with Crippen molar-refractivity contribution in [2.75, 3.05) is 0 Å². The summed E-state index contributed by atoms with van der Waals surface area (Å²) in [5.74, 6) is -0.212. The lowest BCUT2D eigenvalue weighted by atomic mass is 10.0. The number of hydrogen-bond acceptors (Lipinski definition) is 1. The Morgan fingerprint density at radius 1 is 1.20 bits per heavy atom. The number of rotatable bonds is 1. The van der Waals surface area contributed by atoms with E-state index in [0.717, 1.165) is 21.3 Å². The SMILES string of the molecule is Cc1cc(F)ccc1-c1cccnc1Br. The predicted molar refractivity (Wildman–Crippen MR) is 62.1 cm³/mol. The first-order valence-corrected chi connectivity index (χ1v) is 5.35. The van der Waals surface area contributed by atoms with Crippen molar-refractivity contribution in [3.8, 4) is 11.1 Å². The van der Waals surface area contributed by atoms with E-state index >= 15 is 0 Å². The quantitative estimate of drug-likeness (QED) is 0.712. The number of benzene rings is 1. The van der Waals surface area contributed by atoms with Gasteiger partial charge in [-0.3, -0.25) is 0 Å². The highest BCUT2D eigenvalue weighted by Gasteiger charge is 2.06. The standard InChI is InChI=1S/C12H9BrFN/c1-8-7-9(14)4-5-10(8)11-3-2-6-15-12(11)13/h2-7H,1H3. The minimum atomic E-state index is -0.212. The Labute approximate surface area is 96.1 Å². The van der Waals surface area contributed by atoms with Crippen molar-refractivity contribution in [1.82, 2.24) is 4.98 Å². The lowest BCUT2D eigenvalue weighted by Gasteiger charge is -2.07. The minimum absolute atomic E-state index is 0.212. The first-order chi connectivity index (χ1) is 7.18. The van der Waals surface area contributed by atoms with Crippen LogP contribution in [-0.2, 0) is 0 Å². The van der Waals surface area contributed by atoms with Crippen molar-refractivity contribution in [2.24, 2.45) is 0 Å². The van der Waals surface area contributed by atoms with Gasteiger partial charge >= 0.3 is 0 Å². The molecule has 0 bridgehead atoms. The average Bonchev–Trinajstić information content (AvgIpc) is 2.20. The summed E-state index contributed by atoms with van der Waals surface area (Å²) in [6.07, 6.45) is 1.71. The molecule has 0 radical (unpaired) electrons. The number of pyridine rings is 1. The molecule has 1 heterocycles. The Balaban J connectivity index is 2.60. The Morgan fingerprint density at radius 2 is 2.00 bits per heavy atom. The summed E-state index contributed by atoms with van der Waals surface area (Å²) in [6, 6.07) is 8.57. The molecule has 0 fully saturated rings. The maximum atomic E-state index is 12.9. The molecule has 3 heteroatoms. The van der Waals surface area contributed by atoms with Crippen molar-refractivity contribution in [3.05, 3.63) is 52.5 Å². The van der Waals surface area contributed by atoms with E-state index in [0.29, 0.717) is 0 Å². The van der Waals surface area contributed by atoms with E-state index in [2.05, 4.69) is 20.9 Å². The van der Waals surface area contributed by atoms with E-state index in [1.165, 1.54) is 12.1 Å². The van der Waals surface area contributed by atoms with Gasteiger partial charge in [-0.15, -0.1) is 0 Å². The third-order valence-corrected chi connectivity index (χ3v) is 2.87. The van der Waals surface area contributed by atoms with E-state index in [1.807, 2.05) is 19.1 Å². The van der Waals surface area contributed by atoms with Gasteiger partial charge in [-0.2, -0.15) is 0 Å². The Bertz CT molecular complexity index is 497. The van der Waals surface area contributed by atoms with Crippen LogP contribution in [0.4, 0.5) is 4.39 Å². The normalized spacial score (nSPS) is 10.3. The minimum Gasteiger partial charge on any atom is -0.249 e. The van der Waals surface area contributed by atoms with Crippen molar-refractivity contribution >= 4 is 15.9 Å². The fraction of sp³-hybridized carbons (Fsp3) is 0.0833. The van der Waals surface area contributed by atoms with Gasteiger partial charge < -0.3 is 0 Å². The molecule has 0 aliphatic heterocycles. The second kappa shape index (κ2) is 4.11. The first kappa shape index (κ1) is 10.3. The molecule has 2 aromatic rings. The van der Waals surface area contributed by atoms with E-state index in [1.54, 1.807) is 12.3 Å². The summed E-state index contributed by atoms with van der Waals surface area (Å²) in [4.78, 5) is 4.14. The topological polar surface area (TPSA) is 12.9 Å². The highest BCUT2D eigenvalue weighted by atomic mass is 79.9. The number of halogens is 2. The molecular formula is C12H9BrFN. The molecule has 0 N–H and O–H groups in total. The molecule has 0 atom stereocenters. The maximum Gasteiger partial charge on any atom is 0.123 e. The second-order valence-corrected chi connectivity index (χ2v) is 4.05. The van der Waals surface area contributed by atoms with Crippen LogP contribution in [0.3, 0.4) is 0 Å². The molecular weight excluding hydrogens is 257 g/mol. The van der Waals surface area contributed by atoms with Crippen LogP contribution in [0.2, 0.25) is 0 Å². The van der Waals surface area contributed by atoms with Gasteiger partial charge in [0, 0.05) is 11.8 Å². The van der Waals surface area contributed by atoms with Gasteiger partial charge in [-0.25, -0.2) is 9.37 Å². The van der Waals surface area contributed by atoms with Crippen LogP contribution < -0.4 is 0 Å². The lowest BCUT2D eigenvalue weighted by Crippen LogP contribution is -1.87. The molecule has 0 unspecified atom stereocenters. The van der Waals surface area contributed by atoms with Crippen LogP contribution in [0.5, 0.6) is 0 Å². The van der Waals surface area contributed by atoms with Crippen LogP contribution in [0.1, 0.15) is 5.56 Å². The third kappa shape index (κ3) is 2.07. The van der Waals surface area contributed by atoms with Gasteiger partial charge in [0.2, 0.25) is 0 Å². The van der Waals surface area contributed by atoms with Crippen molar-refractivity contribution in [1.29, 1.82) is 0 Å². The van der Waals surface area contributed by atoms with Gasteiger partial charge in [-0.1, -0.05) is 12.1 Å². The van der Waals surface area contributed by atoms with Crippen molar-refractivity contribution in [3.63, 3.8) is 0 Å². The molecule has 2 rings (SSSR count). The van der Waals surface area contributed by atoms with Gasteiger partial charge in [0.1, 0.15) is 10.4 Å². The lowest BCUT2D eigenvalue weighted by molar-refractivity contribution is 0.627. The molecule has 1 aromatic heterocycles. The van der Waals surface area contributed by atoms with Crippen LogP contribution >= 0.6 is 15.9 Å². The molecule has 0 aliphatic rings. The third-order valence-electron chi connectivity index (χ3n) is 2.24. The zero-order valence-corrected chi connectivity index (χ0v) is 9.75. The summed E-state index contributed by atoms with van der Waals surface area (Å²) < 4.78 is 13.7. The first-order valence-electron chi connectivity index (χ1n) is 4.55. The smallest absolute Gasteiger partial charge is 0.123 e. The molecule has 0 spiro atoms. The van der Waals surface area contributed by atoms with Gasteiger partial charge in [-0.05, 0) is 52.2 Å². The number of hydrogen-bond donors (Lipinski definition) is 0. The Hall–Kier alpha value is -1.22. The summed E-state index contributed by atoms with van der Waals surface area (Å²) in [5, 5.41) is 0.